The van der Waals surface area contributed by atoms with Gasteiger partial charge in [-0.2, -0.15) is 0 Å². The van der Waals surface area contributed by atoms with Crippen LogP contribution in [-0.2, 0) is 12.8 Å². The van der Waals surface area contributed by atoms with Gasteiger partial charge < -0.3 is 20.1 Å². The normalized spacial score (nSPS) is 10.6. The molecule has 0 aromatic heterocycles. The van der Waals surface area contributed by atoms with Crippen molar-refractivity contribution < 1.29 is 14.3 Å². The fourth-order valence-electron chi connectivity index (χ4n) is 2.81. The van der Waals surface area contributed by atoms with Gasteiger partial charge in [0.2, 0.25) is 0 Å². The second-order valence-electron chi connectivity index (χ2n) is 6.77. The lowest BCUT2D eigenvalue weighted by molar-refractivity contribution is 0.241. The van der Waals surface area contributed by atoms with Gasteiger partial charge in [0.15, 0.2) is 11.5 Å². The van der Waals surface area contributed by atoms with Crippen LogP contribution >= 0.6 is 0 Å². The Bertz CT molecular complexity index is 727. The summed E-state index contributed by atoms with van der Waals surface area (Å²) < 4.78 is 10.5. The molecule has 0 saturated carbocycles. The third-order valence-corrected chi connectivity index (χ3v) is 4.49. The summed E-state index contributed by atoms with van der Waals surface area (Å²) in [7, 11) is 3.23. The predicted octanol–water partition coefficient (Wildman–Crippen LogP) is 3.91. The number of carbonyl (C=O) groups is 1. The molecule has 146 valence electrons. The Balaban J connectivity index is 1.69. The smallest absolute Gasteiger partial charge is 0.314 e. The van der Waals surface area contributed by atoms with E-state index in [0.717, 1.165) is 18.4 Å². The highest BCUT2D eigenvalue weighted by atomic mass is 16.5. The minimum atomic E-state index is -0.144. The number of nitrogens with one attached hydrogen (secondary N) is 2. The van der Waals surface area contributed by atoms with Crippen LogP contribution in [0.2, 0.25) is 0 Å². The predicted molar refractivity (Wildman–Crippen MR) is 109 cm³/mol. The zero-order chi connectivity index (χ0) is 19.6. The lowest BCUT2D eigenvalue weighted by Crippen LogP contribution is -2.37. The summed E-state index contributed by atoms with van der Waals surface area (Å²) in [6, 6.07) is 14.2. The van der Waals surface area contributed by atoms with E-state index in [9.17, 15) is 4.79 Å². The fraction of sp³-hybridized carbons (Fsp3) is 0.409. The first-order chi connectivity index (χ1) is 13.0. The second kappa shape index (κ2) is 10.5. The number of methoxy groups -OCH3 is 2. The second-order valence-corrected chi connectivity index (χ2v) is 6.77. The summed E-state index contributed by atoms with van der Waals surface area (Å²) in [5.74, 6) is 1.94. The molecule has 0 aliphatic heterocycles. The van der Waals surface area contributed by atoms with Crippen molar-refractivity contribution in [2.45, 2.75) is 32.6 Å². The maximum atomic E-state index is 11.9. The molecule has 2 amide bonds. The maximum absolute atomic E-state index is 11.9. The van der Waals surface area contributed by atoms with Gasteiger partial charge >= 0.3 is 6.03 Å². The summed E-state index contributed by atoms with van der Waals surface area (Å²) in [6.45, 7) is 5.54. The van der Waals surface area contributed by atoms with Crippen LogP contribution in [0.1, 0.15) is 36.5 Å². The summed E-state index contributed by atoms with van der Waals surface area (Å²) in [5.41, 5.74) is 3.64. The molecule has 2 N–H and O–H groups in total. The Morgan fingerprint density at radius 3 is 1.96 bits per heavy atom. The average molecular weight is 370 g/mol. The number of benzene rings is 2. The SMILES string of the molecule is COc1ccc(CCNC(=O)NCCc2ccc(C(C)C)cc2)cc1OC. The van der Waals surface area contributed by atoms with E-state index in [1.807, 2.05) is 18.2 Å². The van der Waals surface area contributed by atoms with E-state index < -0.39 is 0 Å². The molecule has 0 atom stereocenters. The fourth-order valence-corrected chi connectivity index (χ4v) is 2.81. The van der Waals surface area contributed by atoms with Crippen LogP contribution in [0.4, 0.5) is 4.79 Å². The van der Waals surface area contributed by atoms with Crippen molar-refractivity contribution in [3.8, 4) is 11.5 Å². The van der Waals surface area contributed by atoms with Crippen molar-refractivity contribution in [1.29, 1.82) is 0 Å². The maximum Gasteiger partial charge on any atom is 0.314 e. The first-order valence-corrected chi connectivity index (χ1v) is 9.35. The van der Waals surface area contributed by atoms with Gasteiger partial charge in [-0.1, -0.05) is 44.2 Å². The third kappa shape index (κ3) is 6.51. The average Bonchev–Trinajstić information content (AvgIpc) is 2.68. The van der Waals surface area contributed by atoms with Crippen LogP contribution in [0.5, 0.6) is 11.5 Å². The van der Waals surface area contributed by atoms with E-state index in [4.69, 9.17) is 9.47 Å². The zero-order valence-electron chi connectivity index (χ0n) is 16.7. The largest absolute Gasteiger partial charge is 0.493 e. The highest BCUT2D eigenvalue weighted by molar-refractivity contribution is 5.73. The quantitative estimate of drug-likeness (QED) is 0.703. The highest BCUT2D eigenvalue weighted by Crippen LogP contribution is 2.27. The van der Waals surface area contributed by atoms with E-state index in [1.54, 1.807) is 14.2 Å². The Labute approximate surface area is 162 Å². The number of urea groups is 1. The Morgan fingerprint density at radius 1 is 0.852 bits per heavy atom. The number of ether oxygens (including phenoxy) is 2. The molecule has 2 rings (SSSR count). The Hall–Kier alpha value is -2.69. The van der Waals surface area contributed by atoms with Crippen LogP contribution in [0.3, 0.4) is 0 Å². The molecule has 5 nitrogen and oxygen atoms in total. The number of rotatable bonds is 9. The molecule has 0 aliphatic rings. The molecule has 2 aromatic rings. The van der Waals surface area contributed by atoms with Crippen LogP contribution in [0.25, 0.3) is 0 Å². The first kappa shape index (κ1) is 20.6. The van der Waals surface area contributed by atoms with E-state index in [-0.39, 0.29) is 6.03 Å². The molecule has 0 aliphatic carbocycles. The van der Waals surface area contributed by atoms with Crippen molar-refractivity contribution in [3.05, 3.63) is 59.2 Å². The number of carbonyl (C=O) groups excluding carboxylic acids is 1. The van der Waals surface area contributed by atoms with Gasteiger partial charge in [0.05, 0.1) is 14.2 Å². The van der Waals surface area contributed by atoms with Crippen LogP contribution in [0.15, 0.2) is 42.5 Å². The van der Waals surface area contributed by atoms with Gasteiger partial charge in [-0.15, -0.1) is 0 Å². The summed E-state index contributed by atoms with van der Waals surface area (Å²) in [4.78, 5) is 11.9. The summed E-state index contributed by atoms with van der Waals surface area (Å²) >= 11 is 0. The molecule has 0 saturated heterocycles. The van der Waals surface area contributed by atoms with E-state index in [1.165, 1.54) is 11.1 Å². The minimum Gasteiger partial charge on any atom is -0.493 e. The molecule has 0 heterocycles. The number of hydrogen-bond donors (Lipinski definition) is 2. The molecule has 0 fully saturated rings. The lowest BCUT2D eigenvalue weighted by atomic mass is 10.0. The monoisotopic (exact) mass is 370 g/mol. The van der Waals surface area contributed by atoms with Crippen molar-refractivity contribution in [2.75, 3.05) is 27.3 Å². The van der Waals surface area contributed by atoms with Gasteiger partial charge in [-0.3, -0.25) is 0 Å². The standard InChI is InChI=1S/C22H30N2O3/c1-16(2)19-8-5-17(6-9-19)11-13-23-22(25)24-14-12-18-7-10-20(26-3)21(15-18)27-4/h5-10,15-16H,11-14H2,1-4H3,(H2,23,24,25). The Morgan fingerprint density at radius 2 is 1.41 bits per heavy atom. The van der Waals surface area contributed by atoms with E-state index in [0.29, 0.717) is 30.5 Å². The molecule has 2 aromatic carbocycles. The minimum absolute atomic E-state index is 0.144. The van der Waals surface area contributed by atoms with Crippen LogP contribution in [0, 0.1) is 0 Å². The molecule has 0 spiro atoms. The van der Waals surface area contributed by atoms with E-state index >= 15 is 0 Å². The molecule has 27 heavy (non-hydrogen) atoms. The van der Waals surface area contributed by atoms with Gasteiger partial charge in [0.25, 0.3) is 0 Å². The first-order valence-electron chi connectivity index (χ1n) is 9.35. The summed E-state index contributed by atoms with van der Waals surface area (Å²) in [5, 5.41) is 5.79. The van der Waals surface area contributed by atoms with Gasteiger partial charge in [0.1, 0.15) is 0 Å². The van der Waals surface area contributed by atoms with Gasteiger partial charge in [-0.25, -0.2) is 4.79 Å². The molecule has 0 bridgehead atoms. The summed E-state index contributed by atoms with van der Waals surface area (Å²) in [6.07, 6.45) is 1.55. The molecule has 0 unspecified atom stereocenters. The topological polar surface area (TPSA) is 59.6 Å². The molecular formula is C22H30N2O3. The van der Waals surface area contributed by atoms with Gasteiger partial charge in [0, 0.05) is 13.1 Å². The third-order valence-electron chi connectivity index (χ3n) is 4.49. The molecule has 5 heteroatoms. The van der Waals surface area contributed by atoms with Crippen molar-refractivity contribution >= 4 is 6.03 Å². The van der Waals surface area contributed by atoms with Gasteiger partial charge in [-0.05, 0) is 47.6 Å². The number of hydrogen-bond acceptors (Lipinski definition) is 3. The molecular weight excluding hydrogens is 340 g/mol. The van der Waals surface area contributed by atoms with Crippen LogP contribution < -0.4 is 20.1 Å². The van der Waals surface area contributed by atoms with Crippen LogP contribution in [-0.4, -0.2) is 33.3 Å². The zero-order valence-corrected chi connectivity index (χ0v) is 16.7. The van der Waals surface area contributed by atoms with E-state index in [2.05, 4.69) is 48.7 Å². The lowest BCUT2D eigenvalue weighted by Gasteiger charge is -2.11. The van der Waals surface area contributed by atoms with Crippen molar-refractivity contribution in [2.24, 2.45) is 0 Å². The number of amides is 2. The highest BCUT2D eigenvalue weighted by Gasteiger charge is 2.05. The van der Waals surface area contributed by atoms with Crippen molar-refractivity contribution in [1.82, 2.24) is 10.6 Å². The molecule has 0 radical (unpaired) electrons. The Kier molecular flexibility index (Phi) is 7.99. The van der Waals surface area contributed by atoms with Crippen molar-refractivity contribution in [3.63, 3.8) is 0 Å².